The van der Waals surface area contributed by atoms with E-state index in [2.05, 4.69) is 5.32 Å². The molecule has 1 N–H and O–H groups in total. The zero-order valence-electron chi connectivity index (χ0n) is 15.1. The summed E-state index contributed by atoms with van der Waals surface area (Å²) in [5, 5.41) is 13.9. The fourth-order valence-corrected chi connectivity index (χ4v) is 4.84. The Morgan fingerprint density at radius 3 is 2.12 bits per heavy atom. The lowest BCUT2D eigenvalue weighted by Gasteiger charge is -2.31. The number of aliphatic carboxylic acids is 1. The van der Waals surface area contributed by atoms with Crippen LogP contribution in [0.4, 0.5) is 5.69 Å². The summed E-state index contributed by atoms with van der Waals surface area (Å²) in [6.45, 7) is 4.30. The first-order chi connectivity index (χ1) is 12.3. The van der Waals surface area contributed by atoms with Gasteiger partial charge in [-0.05, 0) is 37.1 Å². The number of amides is 1. The first kappa shape index (κ1) is 20.4. The van der Waals surface area contributed by atoms with E-state index in [0.717, 1.165) is 12.8 Å². The van der Waals surface area contributed by atoms with Crippen molar-refractivity contribution in [3.63, 3.8) is 0 Å². The number of hydrogen-bond acceptors (Lipinski definition) is 5. The van der Waals surface area contributed by atoms with Gasteiger partial charge in [-0.3, -0.25) is 4.79 Å². The second-order valence-electron chi connectivity index (χ2n) is 6.42. The van der Waals surface area contributed by atoms with Crippen molar-refractivity contribution in [2.75, 3.05) is 18.4 Å². The smallest absolute Gasteiger partial charge is 0.243 e. The van der Waals surface area contributed by atoms with Crippen molar-refractivity contribution in [3.05, 3.63) is 24.3 Å². The molecule has 0 aliphatic heterocycles. The summed E-state index contributed by atoms with van der Waals surface area (Å²) in [6.07, 6.45) is 2.55. The molecule has 0 bridgehead atoms. The third-order valence-corrected chi connectivity index (χ3v) is 6.93. The summed E-state index contributed by atoms with van der Waals surface area (Å²) in [4.78, 5) is 23.8. The minimum absolute atomic E-state index is 0.157. The van der Waals surface area contributed by atoms with Gasteiger partial charge in [0.15, 0.2) is 0 Å². The Balaban J connectivity index is 2.11. The van der Waals surface area contributed by atoms with Crippen LogP contribution >= 0.6 is 0 Å². The van der Waals surface area contributed by atoms with Crippen molar-refractivity contribution in [1.82, 2.24) is 4.31 Å². The fourth-order valence-electron chi connectivity index (χ4n) is 3.38. The van der Waals surface area contributed by atoms with Gasteiger partial charge in [0.25, 0.3) is 0 Å². The van der Waals surface area contributed by atoms with Gasteiger partial charge in [0.2, 0.25) is 15.9 Å². The molecule has 1 aromatic rings. The molecule has 7 nitrogen and oxygen atoms in total. The van der Waals surface area contributed by atoms with Gasteiger partial charge in [-0.1, -0.05) is 26.7 Å². The van der Waals surface area contributed by atoms with E-state index in [4.69, 9.17) is 0 Å². The highest BCUT2D eigenvalue weighted by molar-refractivity contribution is 7.89. The molecule has 0 radical (unpaired) electrons. The second-order valence-corrected chi connectivity index (χ2v) is 8.36. The molecule has 2 atom stereocenters. The van der Waals surface area contributed by atoms with E-state index in [0.29, 0.717) is 31.6 Å². The van der Waals surface area contributed by atoms with E-state index >= 15 is 0 Å². The van der Waals surface area contributed by atoms with Crippen LogP contribution in [0.2, 0.25) is 0 Å². The van der Waals surface area contributed by atoms with Gasteiger partial charge in [-0.25, -0.2) is 8.42 Å². The topological polar surface area (TPSA) is 107 Å². The molecule has 0 heterocycles. The molecule has 1 amide bonds. The monoisotopic (exact) mass is 381 g/mol. The molecule has 1 aromatic carbocycles. The first-order valence-corrected chi connectivity index (χ1v) is 10.4. The van der Waals surface area contributed by atoms with Gasteiger partial charge in [0.05, 0.1) is 4.90 Å². The maximum atomic E-state index is 12.5. The van der Waals surface area contributed by atoms with Crippen molar-refractivity contribution in [2.24, 2.45) is 11.8 Å². The highest BCUT2D eigenvalue weighted by Gasteiger charge is 2.31. The molecule has 8 heteroatoms. The third-order valence-electron chi connectivity index (χ3n) is 4.87. The summed E-state index contributed by atoms with van der Waals surface area (Å²) in [5.41, 5.74) is 0.441. The van der Waals surface area contributed by atoms with Crippen molar-refractivity contribution < 1.29 is 23.1 Å². The second kappa shape index (κ2) is 8.64. The number of nitrogens with zero attached hydrogens (tertiary/aromatic N) is 1. The Bertz CT molecular complexity index is 741. The van der Waals surface area contributed by atoms with Gasteiger partial charge in [-0.2, -0.15) is 4.31 Å². The van der Waals surface area contributed by atoms with Crippen LogP contribution in [0.5, 0.6) is 0 Å². The molecule has 1 saturated carbocycles. The molecule has 1 aliphatic rings. The molecule has 0 aromatic heterocycles. The van der Waals surface area contributed by atoms with E-state index in [9.17, 15) is 23.1 Å². The number of rotatable bonds is 7. The lowest BCUT2D eigenvalue weighted by molar-refractivity contribution is -0.313. The standard InChI is InChI=1S/C18H26N2O5S/c1-3-20(4-2)26(24,25)14-11-9-13(10-12-14)19-17(21)15-7-5-6-8-16(15)18(22)23/h9-12,15-16H,3-8H2,1-2H3,(H,19,21)(H,22,23)/p-1/t15-,16-/m0/s1. The van der Waals surface area contributed by atoms with E-state index < -0.39 is 27.8 Å². The third kappa shape index (κ3) is 4.42. The molecule has 1 aliphatic carbocycles. The van der Waals surface area contributed by atoms with Crippen molar-refractivity contribution in [2.45, 2.75) is 44.4 Å². The summed E-state index contributed by atoms with van der Waals surface area (Å²) in [5.74, 6) is -2.94. The molecule has 0 spiro atoms. The largest absolute Gasteiger partial charge is 0.550 e. The number of nitrogens with one attached hydrogen (secondary N) is 1. The SMILES string of the molecule is CCN(CC)S(=O)(=O)c1ccc(NC(=O)[C@H]2CCCC[C@@H]2C(=O)[O-])cc1. The Labute approximate surface area is 154 Å². The predicted octanol–water partition coefficient (Wildman–Crippen LogP) is 1.21. The van der Waals surface area contributed by atoms with Crippen molar-refractivity contribution >= 4 is 27.6 Å². The fraction of sp³-hybridized carbons (Fsp3) is 0.556. The van der Waals surface area contributed by atoms with Crippen LogP contribution in [0.15, 0.2) is 29.2 Å². The number of hydrogen-bond donors (Lipinski definition) is 1. The quantitative estimate of drug-likeness (QED) is 0.764. The molecular weight excluding hydrogens is 356 g/mol. The summed E-state index contributed by atoms with van der Waals surface area (Å²) >= 11 is 0. The Kier molecular flexibility index (Phi) is 6.77. The van der Waals surface area contributed by atoms with Crippen LogP contribution in [-0.4, -0.2) is 37.7 Å². The molecule has 144 valence electrons. The number of carboxylic acid groups (broad SMARTS) is 1. The van der Waals surface area contributed by atoms with Gasteiger partial charge in [-0.15, -0.1) is 0 Å². The van der Waals surface area contributed by atoms with Gasteiger partial charge in [0, 0.05) is 36.6 Å². The number of sulfonamides is 1. The minimum Gasteiger partial charge on any atom is -0.550 e. The van der Waals surface area contributed by atoms with Crippen LogP contribution in [-0.2, 0) is 19.6 Å². The van der Waals surface area contributed by atoms with Crippen LogP contribution in [0, 0.1) is 11.8 Å². The van der Waals surface area contributed by atoms with E-state index in [-0.39, 0.29) is 10.8 Å². The summed E-state index contributed by atoms with van der Waals surface area (Å²) in [6, 6.07) is 5.93. The molecule has 0 saturated heterocycles. The maximum Gasteiger partial charge on any atom is 0.243 e. The highest BCUT2D eigenvalue weighted by atomic mass is 32.2. The first-order valence-electron chi connectivity index (χ1n) is 8.93. The molecule has 1 fully saturated rings. The average Bonchev–Trinajstić information content (AvgIpc) is 2.63. The Morgan fingerprint density at radius 1 is 1.08 bits per heavy atom. The molecule has 2 rings (SSSR count). The number of carbonyl (C=O) groups is 2. The number of carboxylic acids is 1. The van der Waals surface area contributed by atoms with Crippen LogP contribution < -0.4 is 10.4 Å². The van der Waals surface area contributed by atoms with E-state index in [1.54, 1.807) is 13.8 Å². The summed E-state index contributed by atoms with van der Waals surface area (Å²) in [7, 11) is -3.55. The van der Waals surface area contributed by atoms with E-state index in [1.165, 1.54) is 28.6 Å². The van der Waals surface area contributed by atoms with E-state index in [1.807, 2.05) is 0 Å². The Morgan fingerprint density at radius 2 is 1.62 bits per heavy atom. The average molecular weight is 381 g/mol. The number of anilines is 1. The Hall–Kier alpha value is -1.93. The minimum atomic E-state index is -3.55. The van der Waals surface area contributed by atoms with Gasteiger partial charge in [0.1, 0.15) is 0 Å². The van der Waals surface area contributed by atoms with Gasteiger partial charge < -0.3 is 15.2 Å². The molecule has 26 heavy (non-hydrogen) atoms. The maximum absolute atomic E-state index is 12.5. The lowest BCUT2D eigenvalue weighted by Crippen LogP contribution is -2.42. The number of benzene rings is 1. The van der Waals surface area contributed by atoms with Crippen LogP contribution in [0.1, 0.15) is 39.5 Å². The lowest BCUT2D eigenvalue weighted by atomic mass is 9.78. The zero-order chi connectivity index (χ0) is 19.3. The summed E-state index contributed by atoms with van der Waals surface area (Å²) < 4.78 is 26.3. The van der Waals surface area contributed by atoms with Crippen LogP contribution in [0.25, 0.3) is 0 Å². The van der Waals surface area contributed by atoms with Gasteiger partial charge >= 0.3 is 0 Å². The van der Waals surface area contributed by atoms with Crippen molar-refractivity contribution in [1.29, 1.82) is 0 Å². The van der Waals surface area contributed by atoms with Crippen LogP contribution in [0.3, 0.4) is 0 Å². The molecule has 0 unspecified atom stereocenters. The normalized spacial score (nSPS) is 20.7. The van der Waals surface area contributed by atoms with Crippen molar-refractivity contribution in [3.8, 4) is 0 Å². The zero-order valence-corrected chi connectivity index (χ0v) is 15.9. The predicted molar refractivity (Wildman–Crippen MR) is 95.6 cm³/mol. The number of carbonyl (C=O) groups excluding carboxylic acids is 2. The highest BCUT2D eigenvalue weighted by Crippen LogP contribution is 2.31. The molecular formula is C18H25N2O5S-.